The molecule has 1 aliphatic heterocycles. The molecule has 0 radical (unpaired) electrons. The number of hydrogen-bond donors (Lipinski definition) is 2. The van der Waals surface area contributed by atoms with Crippen molar-refractivity contribution in [2.45, 2.75) is 39.3 Å². The number of nitrogens with one attached hydrogen (secondary N) is 2. The van der Waals surface area contributed by atoms with Gasteiger partial charge in [0.2, 0.25) is 0 Å². The summed E-state index contributed by atoms with van der Waals surface area (Å²) in [4.78, 5) is 7.04. The lowest BCUT2D eigenvalue weighted by molar-refractivity contribution is 0.379. The molecule has 0 saturated carbocycles. The Balaban J connectivity index is 1.59. The highest BCUT2D eigenvalue weighted by molar-refractivity contribution is 9.10. The van der Waals surface area contributed by atoms with Gasteiger partial charge in [-0.05, 0) is 47.8 Å². The molecule has 140 valence electrons. The molecule has 0 amide bonds. The molecule has 2 N–H and O–H groups in total. The van der Waals surface area contributed by atoms with E-state index in [1.807, 2.05) is 12.1 Å². The summed E-state index contributed by atoms with van der Waals surface area (Å²) >= 11 is 3.65. The van der Waals surface area contributed by atoms with Gasteiger partial charge in [-0.3, -0.25) is 0 Å². The van der Waals surface area contributed by atoms with Crippen molar-refractivity contribution in [3.8, 4) is 0 Å². The van der Waals surface area contributed by atoms with Gasteiger partial charge in [0.25, 0.3) is 0 Å². The number of aliphatic imine (C=N–C) groups is 1. The van der Waals surface area contributed by atoms with E-state index in [-0.39, 0.29) is 0 Å². The lowest BCUT2D eigenvalue weighted by Gasteiger charge is -2.21. The third kappa shape index (κ3) is 4.78. The molecule has 2 heterocycles. The van der Waals surface area contributed by atoms with E-state index in [1.165, 1.54) is 5.69 Å². The molecular weight excluding hydrogens is 394 g/mol. The third-order valence-corrected chi connectivity index (χ3v) is 5.10. The molecular formula is C19H26BrN5O. The Morgan fingerprint density at radius 3 is 2.96 bits per heavy atom. The molecule has 1 fully saturated rings. The van der Waals surface area contributed by atoms with Gasteiger partial charge in [-0.25, -0.2) is 4.99 Å². The highest BCUT2D eigenvalue weighted by Gasteiger charge is 2.24. The van der Waals surface area contributed by atoms with Crippen LogP contribution in [0.4, 0.5) is 5.69 Å². The fourth-order valence-electron chi connectivity index (χ4n) is 3.07. The van der Waals surface area contributed by atoms with Crippen LogP contribution in [-0.2, 0) is 13.0 Å². The number of halogens is 1. The smallest absolute Gasteiger partial charge is 0.191 e. The highest BCUT2D eigenvalue weighted by Crippen LogP contribution is 2.28. The van der Waals surface area contributed by atoms with Gasteiger partial charge in [0, 0.05) is 36.2 Å². The van der Waals surface area contributed by atoms with Crippen LogP contribution < -0.4 is 15.5 Å². The molecule has 0 spiro atoms. The van der Waals surface area contributed by atoms with Crippen molar-refractivity contribution >= 4 is 27.6 Å². The van der Waals surface area contributed by atoms with Crippen LogP contribution in [0.5, 0.6) is 0 Å². The summed E-state index contributed by atoms with van der Waals surface area (Å²) in [7, 11) is 0. The molecule has 0 bridgehead atoms. The molecule has 1 atom stereocenters. The molecule has 1 saturated heterocycles. The van der Waals surface area contributed by atoms with Crippen molar-refractivity contribution in [2.75, 3.05) is 24.5 Å². The molecule has 26 heavy (non-hydrogen) atoms. The molecule has 2 aromatic rings. The maximum atomic E-state index is 5.32. The summed E-state index contributed by atoms with van der Waals surface area (Å²) in [5, 5.41) is 10.9. The molecule has 1 aliphatic rings. The van der Waals surface area contributed by atoms with Crippen molar-refractivity contribution in [3.05, 3.63) is 46.3 Å². The van der Waals surface area contributed by atoms with Crippen LogP contribution in [0, 0.1) is 0 Å². The van der Waals surface area contributed by atoms with Crippen LogP contribution >= 0.6 is 15.9 Å². The Kier molecular flexibility index (Phi) is 6.55. The minimum atomic E-state index is 0.362. The Labute approximate surface area is 163 Å². The number of benzene rings is 1. The third-order valence-electron chi connectivity index (χ3n) is 4.43. The van der Waals surface area contributed by atoms with Gasteiger partial charge in [-0.2, -0.15) is 0 Å². The van der Waals surface area contributed by atoms with Crippen molar-refractivity contribution in [1.82, 2.24) is 15.8 Å². The average molecular weight is 420 g/mol. The first-order chi connectivity index (χ1) is 12.7. The highest BCUT2D eigenvalue weighted by atomic mass is 79.9. The molecule has 0 aliphatic carbocycles. The zero-order chi connectivity index (χ0) is 18.4. The van der Waals surface area contributed by atoms with Crippen LogP contribution in [0.3, 0.4) is 0 Å². The molecule has 1 aromatic heterocycles. The van der Waals surface area contributed by atoms with Crippen molar-refractivity contribution in [1.29, 1.82) is 0 Å². The number of nitrogens with zero attached hydrogens (tertiary/aromatic N) is 3. The maximum absolute atomic E-state index is 5.32. The molecule has 6 nitrogen and oxygen atoms in total. The predicted octanol–water partition coefficient (Wildman–Crippen LogP) is 3.33. The van der Waals surface area contributed by atoms with Gasteiger partial charge in [-0.15, -0.1) is 0 Å². The number of aryl methyl sites for hydroxylation is 1. The van der Waals surface area contributed by atoms with Crippen LogP contribution in [0.25, 0.3) is 0 Å². The van der Waals surface area contributed by atoms with Crippen molar-refractivity contribution < 1.29 is 4.52 Å². The van der Waals surface area contributed by atoms with Crippen molar-refractivity contribution in [2.24, 2.45) is 4.99 Å². The van der Waals surface area contributed by atoms with Gasteiger partial charge in [0.15, 0.2) is 11.7 Å². The molecule has 3 rings (SSSR count). The topological polar surface area (TPSA) is 65.7 Å². The van der Waals surface area contributed by atoms with Gasteiger partial charge < -0.3 is 20.1 Å². The van der Waals surface area contributed by atoms with Crippen molar-refractivity contribution in [3.63, 3.8) is 0 Å². The second kappa shape index (κ2) is 9.07. The number of guanidine groups is 1. The molecule has 7 heteroatoms. The number of anilines is 1. The van der Waals surface area contributed by atoms with Gasteiger partial charge in [0.05, 0.1) is 11.4 Å². The molecule has 1 unspecified atom stereocenters. The first-order valence-electron chi connectivity index (χ1n) is 9.18. The SMILES string of the molecule is CCNC(=NCc1cc(CC)no1)NC1CCN(c2ccccc2Br)C1. The summed E-state index contributed by atoms with van der Waals surface area (Å²) < 4.78 is 6.45. The normalized spacial score (nSPS) is 17.6. The number of para-hydroxylation sites is 1. The monoisotopic (exact) mass is 419 g/mol. The van der Waals surface area contributed by atoms with Crippen LogP contribution in [-0.4, -0.2) is 36.8 Å². The quantitative estimate of drug-likeness (QED) is 0.555. The van der Waals surface area contributed by atoms with Gasteiger partial charge in [-0.1, -0.05) is 24.2 Å². The second-order valence-electron chi connectivity index (χ2n) is 6.36. The summed E-state index contributed by atoms with van der Waals surface area (Å²) in [6.07, 6.45) is 1.95. The number of rotatable bonds is 6. The second-order valence-corrected chi connectivity index (χ2v) is 7.21. The van der Waals surface area contributed by atoms with E-state index in [9.17, 15) is 0 Å². The van der Waals surface area contributed by atoms with E-state index < -0.39 is 0 Å². The molecule has 1 aromatic carbocycles. The Bertz CT molecular complexity index is 745. The first kappa shape index (κ1) is 18.8. The van der Waals surface area contributed by atoms with E-state index in [1.54, 1.807) is 0 Å². The van der Waals surface area contributed by atoms with E-state index in [2.05, 4.69) is 73.7 Å². The van der Waals surface area contributed by atoms with E-state index in [4.69, 9.17) is 4.52 Å². The Hall–Kier alpha value is -2.02. The average Bonchev–Trinajstić information content (AvgIpc) is 3.29. The minimum Gasteiger partial charge on any atom is -0.368 e. The lowest BCUT2D eigenvalue weighted by Crippen LogP contribution is -2.44. The number of hydrogen-bond acceptors (Lipinski definition) is 4. The summed E-state index contributed by atoms with van der Waals surface area (Å²) in [5.74, 6) is 1.61. The maximum Gasteiger partial charge on any atom is 0.191 e. The van der Waals surface area contributed by atoms with E-state index in [0.717, 1.165) is 54.4 Å². The number of aromatic nitrogens is 1. The predicted molar refractivity (Wildman–Crippen MR) is 109 cm³/mol. The Morgan fingerprint density at radius 1 is 1.38 bits per heavy atom. The van der Waals surface area contributed by atoms with Gasteiger partial charge in [0.1, 0.15) is 6.54 Å². The van der Waals surface area contributed by atoms with Crippen LogP contribution in [0.15, 0.2) is 44.3 Å². The minimum absolute atomic E-state index is 0.362. The van der Waals surface area contributed by atoms with Crippen LogP contribution in [0.2, 0.25) is 0 Å². The largest absolute Gasteiger partial charge is 0.368 e. The lowest BCUT2D eigenvalue weighted by atomic mass is 10.2. The van der Waals surface area contributed by atoms with Gasteiger partial charge >= 0.3 is 0 Å². The summed E-state index contributed by atoms with van der Waals surface area (Å²) in [6.45, 7) is 7.43. The van der Waals surface area contributed by atoms with E-state index in [0.29, 0.717) is 12.6 Å². The fourth-order valence-corrected chi connectivity index (χ4v) is 3.61. The zero-order valence-electron chi connectivity index (χ0n) is 15.3. The standard InChI is InChI=1S/C19H26BrN5O/c1-3-14-11-16(26-24-14)12-22-19(21-4-2)23-15-9-10-25(13-15)18-8-6-5-7-17(18)20/h5-8,11,15H,3-4,9-10,12-13H2,1-2H3,(H2,21,22,23). The fraction of sp³-hybridized carbons (Fsp3) is 0.474. The summed E-state index contributed by atoms with van der Waals surface area (Å²) in [5.41, 5.74) is 2.21. The Morgan fingerprint density at radius 2 is 2.23 bits per heavy atom. The summed E-state index contributed by atoms with van der Waals surface area (Å²) in [6, 6.07) is 10.7. The van der Waals surface area contributed by atoms with E-state index >= 15 is 0 Å². The zero-order valence-corrected chi connectivity index (χ0v) is 16.9. The first-order valence-corrected chi connectivity index (χ1v) is 9.97. The van der Waals surface area contributed by atoms with Crippen LogP contribution in [0.1, 0.15) is 31.7 Å².